The second-order valence-corrected chi connectivity index (χ2v) is 3.66. The van der Waals surface area contributed by atoms with E-state index < -0.39 is 0 Å². The number of carbonyl (C=O) groups excluding carboxylic acids is 1. The molecule has 4 heteroatoms. The number of nitrogens with two attached hydrogens (primary N) is 1. The van der Waals surface area contributed by atoms with Gasteiger partial charge in [-0.2, -0.15) is 0 Å². The number of carbonyl (C=O) groups is 1. The molecule has 1 rings (SSSR count). The first kappa shape index (κ1) is 13.3. The smallest absolute Gasteiger partial charge is 0.319 e. The van der Waals surface area contributed by atoms with Crippen LogP contribution >= 0.6 is 0 Å². The van der Waals surface area contributed by atoms with Crippen molar-refractivity contribution < 1.29 is 4.79 Å². The van der Waals surface area contributed by atoms with Gasteiger partial charge in [0.1, 0.15) is 0 Å². The number of urea groups is 1. The van der Waals surface area contributed by atoms with E-state index in [1.807, 2.05) is 37.3 Å². The van der Waals surface area contributed by atoms with E-state index >= 15 is 0 Å². The zero-order valence-electron chi connectivity index (χ0n) is 10.1. The van der Waals surface area contributed by atoms with E-state index in [-0.39, 0.29) is 6.03 Å². The van der Waals surface area contributed by atoms with E-state index in [0.717, 1.165) is 17.5 Å². The lowest BCUT2D eigenvalue weighted by Gasteiger charge is -2.06. The molecule has 92 valence electrons. The summed E-state index contributed by atoms with van der Waals surface area (Å²) in [7, 11) is 0. The molecular weight excluding hydrogens is 214 g/mol. The van der Waals surface area contributed by atoms with Gasteiger partial charge in [-0.3, -0.25) is 0 Å². The van der Waals surface area contributed by atoms with Crippen molar-refractivity contribution in [2.24, 2.45) is 5.73 Å². The van der Waals surface area contributed by atoms with Crippen molar-refractivity contribution in [1.29, 1.82) is 0 Å². The van der Waals surface area contributed by atoms with Crippen molar-refractivity contribution in [1.82, 2.24) is 10.6 Å². The highest BCUT2D eigenvalue weighted by molar-refractivity contribution is 5.74. The Morgan fingerprint density at radius 2 is 2.18 bits per heavy atom. The van der Waals surface area contributed by atoms with Crippen LogP contribution in [0.25, 0.3) is 0 Å². The van der Waals surface area contributed by atoms with Crippen LogP contribution in [0.5, 0.6) is 0 Å². The summed E-state index contributed by atoms with van der Waals surface area (Å²) in [6.45, 7) is 3.02. The average molecular weight is 233 g/mol. The van der Waals surface area contributed by atoms with Crippen LogP contribution < -0.4 is 16.4 Å². The van der Waals surface area contributed by atoms with Crippen molar-refractivity contribution in [2.45, 2.75) is 26.4 Å². The standard InChI is InChI=1S/C13H19N3O/c1-2-3-7-15-13(17)16-10-12-6-4-5-11(8-12)9-14/h3-8H,2,9-10,14H2,1H3,(H2,15,16,17)/b7-3+. The Balaban J connectivity index is 2.39. The third kappa shape index (κ3) is 5.17. The predicted molar refractivity (Wildman–Crippen MR) is 69.1 cm³/mol. The molecule has 1 aromatic rings. The molecule has 0 heterocycles. The molecule has 0 saturated carbocycles. The van der Waals surface area contributed by atoms with Crippen LogP contribution in [0.3, 0.4) is 0 Å². The van der Waals surface area contributed by atoms with Crippen molar-refractivity contribution in [3.8, 4) is 0 Å². The fourth-order valence-electron chi connectivity index (χ4n) is 1.35. The summed E-state index contributed by atoms with van der Waals surface area (Å²) >= 11 is 0. The Labute approximate surface area is 102 Å². The maximum Gasteiger partial charge on any atom is 0.319 e. The van der Waals surface area contributed by atoms with E-state index in [1.54, 1.807) is 6.20 Å². The first-order valence-corrected chi connectivity index (χ1v) is 5.73. The van der Waals surface area contributed by atoms with Gasteiger partial charge in [-0.05, 0) is 17.5 Å². The summed E-state index contributed by atoms with van der Waals surface area (Å²) < 4.78 is 0. The molecule has 0 saturated heterocycles. The minimum atomic E-state index is -0.201. The number of hydrogen-bond donors (Lipinski definition) is 3. The lowest BCUT2D eigenvalue weighted by molar-refractivity contribution is 0.243. The van der Waals surface area contributed by atoms with Gasteiger partial charge < -0.3 is 16.4 Å². The molecule has 0 aliphatic carbocycles. The normalized spacial score (nSPS) is 10.5. The first-order chi connectivity index (χ1) is 8.26. The molecular formula is C13H19N3O. The number of nitrogens with one attached hydrogen (secondary N) is 2. The van der Waals surface area contributed by atoms with Gasteiger partial charge in [-0.15, -0.1) is 0 Å². The maximum absolute atomic E-state index is 11.3. The highest BCUT2D eigenvalue weighted by Gasteiger charge is 1.98. The topological polar surface area (TPSA) is 67.2 Å². The Kier molecular flexibility index (Phi) is 5.82. The lowest BCUT2D eigenvalue weighted by Crippen LogP contribution is -2.31. The SMILES string of the molecule is CC/C=C/NC(=O)NCc1cccc(CN)c1. The number of allylic oxidation sites excluding steroid dienone is 1. The summed E-state index contributed by atoms with van der Waals surface area (Å²) in [6.07, 6.45) is 4.43. The number of benzene rings is 1. The average Bonchev–Trinajstić information content (AvgIpc) is 2.37. The van der Waals surface area contributed by atoms with Crippen LogP contribution in [0.4, 0.5) is 4.79 Å². The molecule has 0 spiro atoms. The predicted octanol–water partition coefficient (Wildman–Crippen LogP) is 1.87. The summed E-state index contributed by atoms with van der Waals surface area (Å²) in [5, 5.41) is 5.39. The second kappa shape index (κ2) is 7.46. The van der Waals surface area contributed by atoms with E-state index in [9.17, 15) is 4.79 Å². The Morgan fingerprint density at radius 1 is 1.41 bits per heavy atom. The molecule has 4 N–H and O–H groups in total. The summed E-state index contributed by atoms with van der Waals surface area (Å²) in [5.41, 5.74) is 7.66. The minimum Gasteiger partial charge on any atom is -0.334 e. The molecule has 0 bridgehead atoms. The zero-order chi connectivity index (χ0) is 12.5. The molecule has 0 atom stereocenters. The van der Waals surface area contributed by atoms with E-state index in [2.05, 4.69) is 10.6 Å². The molecule has 4 nitrogen and oxygen atoms in total. The van der Waals surface area contributed by atoms with Gasteiger partial charge >= 0.3 is 6.03 Å². The van der Waals surface area contributed by atoms with Crippen LogP contribution in [0.15, 0.2) is 36.5 Å². The Bertz CT molecular complexity index is 388. The van der Waals surface area contributed by atoms with Gasteiger partial charge in [0.25, 0.3) is 0 Å². The monoisotopic (exact) mass is 233 g/mol. The molecule has 0 aliphatic rings. The van der Waals surface area contributed by atoms with Crippen LogP contribution in [0, 0.1) is 0 Å². The Hall–Kier alpha value is -1.81. The van der Waals surface area contributed by atoms with Gasteiger partial charge in [-0.25, -0.2) is 4.79 Å². The quantitative estimate of drug-likeness (QED) is 0.726. The van der Waals surface area contributed by atoms with Gasteiger partial charge in [0, 0.05) is 19.3 Å². The first-order valence-electron chi connectivity index (χ1n) is 5.73. The number of hydrogen-bond acceptors (Lipinski definition) is 2. The van der Waals surface area contributed by atoms with Crippen LogP contribution in [0.1, 0.15) is 24.5 Å². The maximum atomic E-state index is 11.3. The zero-order valence-corrected chi connectivity index (χ0v) is 10.1. The fourth-order valence-corrected chi connectivity index (χ4v) is 1.35. The summed E-state index contributed by atoms with van der Waals surface area (Å²) in [4.78, 5) is 11.3. The number of rotatable bonds is 5. The van der Waals surface area contributed by atoms with Gasteiger partial charge in [0.2, 0.25) is 0 Å². The third-order valence-corrected chi connectivity index (χ3v) is 2.25. The van der Waals surface area contributed by atoms with Gasteiger partial charge in [0.05, 0.1) is 0 Å². The van der Waals surface area contributed by atoms with E-state index in [0.29, 0.717) is 13.1 Å². The minimum absolute atomic E-state index is 0.201. The van der Waals surface area contributed by atoms with Crippen molar-refractivity contribution >= 4 is 6.03 Å². The fraction of sp³-hybridized carbons (Fsp3) is 0.308. The lowest BCUT2D eigenvalue weighted by atomic mass is 10.1. The van der Waals surface area contributed by atoms with Crippen LogP contribution in [0.2, 0.25) is 0 Å². The second-order valence-electron chi connectivity index (χ2n) is 3.66. The van der Waals surface area contributed by atoms with Crippen molar-refractivity contribution in [3.63, 3.8) is 0 Å². The van der Waals surface area contributed by atoms with Crippen molar-refractivity contribution in [2.75, 3.05) is 0 Å². The molecule has 1 aromatic carbocycles. The van der Waals surface area contributed by atoms with Gasteiger partial charge in [0.15, 0.2) is 0 Å². The Morgan fingerprint density at radius 3 is 2.88 bits per heavy atom. The molecule has 0 aliphatic heterocycles. The molecule has 17 heavy (non-hydrogen) atoms. The molecule has 0 unspecified atom stereocenters. The molecule has 0 fully saturated rings. The highest BCUT2D eigenvalue weighted by Crippen LogP contribution is 2.03. The molecule has 0 radical (unpaired) electrons. The number of amides is 2. The van der Waals surface area contributed by atoms with Crippen LogP contribution in [-0.2, 0) is 13.1 Å². The third-order valence-electron chi connectivity index (χ3n) is 2.25. The summed E-state index contributed by atoms with van der Waals surface area (Å²) in [5.74, 6) is 0. The summed E-state index contributed by atoms with van der Waals surface area (Å²) in [6, 6.07) is 7.65. The highest BCUT2D eigenvalue weighted by atomic mass is 16.2. The van der Waals surface area contributed by atoms with Crippen molar-refractivity contribution in [3.05, 3.63) is 47.7 Å². The van der Waals surface area contributed by atoms with Gasteiger partial charge in [-0.1, -0.05) is 37.3 Å². The van der Waals surface area contributed by atoms with E-state index in [1.165, 1.54) is 0 Å². The largest absolute Gasteiger partial charge is 0.334 e. The molecule has 0 aromatic heterocycles. The van der Waals surface area contributed by atoms with Crippen LogP contribution in [-0.4, -0.2) is 6.03 Å². The van der Waals surface area contributed by atoms with E-state index in [4.69, 9.17) is 5.73 Å². The molecule has 2 amide bonds.